The lowest BCUT2D eigenvalue weighted by Gasteiger charge is -2.10. The second-order valence-electron chi connectivity index (χ2n) is 5.41. The van der Waals surface area contributed by atoms with Gasteiger partial charge in [-0.2, -0.15) is 8.78 Å². The predicted octanol–water partition coefficient (Wildman–Crippen LogP) is 3.30. The summed E-state index contributed by atoms with van der Waals surface area (Å²) in [4.78, 5) is 16.9. The van der Waals surface area contributed by atoms with Gasteiger partial charge in [-0.05, 0) is 30.3 Å². The highest BCUT2D eigenvalue weighted by atomic mass is 19.3. The SMILES string of the molecule is COc1ccc(NC(=O)CO/N=C\c2ccc(OC(F)F)c(OC)c2)cc1OC. The standard InChI is InChI=1S/C19H20F2N2O6/c1-25-14-7-5-13(9-17(14)27-3)23-18(24)11-28-22-10-12-4-6-15(29-19(20)21)16(8-12)26-2/h4-10,19H,11H2,1-3H3,(H,23,24)/b22-10-. The van der Waals surface area contributed by atoms with Crippen LogP contribution in [0.15, 0.2) is 41.6 Å². The van der Waals surface area contributed by atoms with E-state index in [1.54, 1.807) is 18.2 Å². The van der Waals surface area contributed by atoms with Gasteiger partial charge in [0.2, 0.25) is 0 Å². The number of alkyl halides is 2. The number of halogens is 2. The van der Waals surface area contributed by atoms with Gasteiger partial charge in [-0.1, -0.05) is 5.16 Å². The molecule has 0 spiro atoms. The second kappa shape index (κ2) is 10.7. The first-order valence-electron chi connectivity index (χ1n) is 8.27. The highest BCUT2D eigenvalue weighted by Gasteiger charge is 2.11. The molecule has 0 aromatic heterocycles. The van der Waals surface area contributed by atoms with Gasteiger partial charge in [0.05, 0.1) is 27.5 Å². The van der Waals surface area contributed by atoms with Gasteiger partial charge in [0.1, 0.15) is 0 Å². The number of rotatable bonds is 10. The van der Waals surface area contributed by atoms with Crippen LogP contribution in [0, 0.1) is 0 Å². The first kappa shape index (κ1) is 21.7. The molecule has 2 aromatic carbocycles. The van der Waals surface area contributed by atoms with E-state index >= 15 is 0 Å². The number of benzene rings is 2. The molecule has 29 heavy (non-hydrogen) atoms. The van der Waals surface area contributed by atoms with Crippen molar-refractivity contribution in [1.29, 1.82) is 0 Å². The average Bonchev–Trinajstić information content (AvgIpc) is 2.71. The molecule has 0 fully saturated rings. The van der Waals surface area contributed by atoms with E-state index in [0.29, 0.717) is 22.7 Å². The average molecular weight is 410 g/mol. The summed E-state index contributed by atoms with van der Waals surface area (Å²) in [5.41, 5.74) is 1.00. The maximum Gasteiger partial charge on any atom is 0.387 e. The van der Waals surface area contributed by atoms with E-state index in [1.807, 2.05) is 0 Å². The number of anilines is 1. The van der Waals surface area contributed by atoms with Crippen LogP contribution in [0.1, 0.15) is 5.56 Å². The van der Waals surface area contributed by atoms with Crippen LogP contribution in [0.5, 0.6) is 23.0 Å². The molecule has 2 aromatic rings. The van der Waals surface area contributed by atoms with Crippen molar-refractivity contribution in [3.63, 3.8) is 0 Å². The number of methoxy groups -OCH3 is 3. The van der Waals surface area contributed by atoms with Gasteiger partial charge < -0.3 is 29.1 Å². The maximum atomic E-state index is 12.3. The molecule has 0 bridgehead atoms. The van der Waals surface area contributed by atoms with Crippen LogP contribution >= 0.6 is 0 Å². The Balaban J connectivity index is 1.89. The lowest BCUT2D eigenvalue weighted by atomic mass is 10.2. The van der Waals surface area contributed by atoms with Crippen LogP contribution in [0.25, 0.3) is 0 Å². The largest absolute Gasteiger partial charge is 0.493 e. The summed E-state index contributed by atoms with van der Waals surface area (Å²) in [6.45, 7) is -3.30. The number of nitrogens with one attached hydrogen (secondary N) is 1. The molecule has 0 aliphatic rings. The fraction of sp³-hybridized carbons (Fsp3) is 0.263. The molecular formula is C19H20F2N2O6. The highest BCUT2D eigenvalue weighted by Crippen LogP contribution is 2.30. The molecule has 0 saturated carbocycles. The van der Waals surface area contributed by atoms with Crippen molar-refractivity contribution in [2.75, 3.05) is 33.3 Å². The zero-order chi connectivity index (χ0) is 21.2. The second-order valence-corrected chi connectivity index (χ2v) is 5.41. The van der Waals surface area contributed by atoms with Crippen molar-refractivity contribution < 1.29 is 37.4 Å². The number of amides is 1. The predicted molar refractivity (Wildman–Crippen MR) is 101 cm³/mol. The first-order chi connectivity index (χ1) is 14.0. The van der Waals surface area contributed by atoms with Gasteiger partial charge in [0.25, 0.3) is 5.91 Å². The van der Waals surface area contributed by atoms with E-state index in [-0.39, 0.29) is 18.1 Å². The van der Waals surface area contributed by atoms with Crippen LogP contribution < -0.4 is 24.3 Å². The molecule has 0 saturated heterocycles. The molecule has 1 N–H and O–H groups in total. The van der Waals surface area contributed by atoms with Gasteiger partial charge in [-0.3, -0.25) is 4.79 Å². The van der Waals surface area contributed by atoms with Crippen LogP contribution in [-0.2, 0) is 9.63 Å². The number of ether oxygens (including phenoxy) is 4. The van der Waals surface area contributed by atoms with E-state index in [2.05, 4.69) is 15.2 Å². The molecule has 0 atom stereocenters. The number of nitrogens with zero attached hydrogens (tertiary/aromatic N) is 1. The van der Waals surface area contributed by atoms with Crippen molar-refractivity contribution in [3.05, 3.63) is 42.0 Å². The smallest absolute Gasteiger partial charge is 0.387 e. The maximum absolute atomic E-state index is 12.3. The van der Waals surface area contributed by atoms with Gasteiger partial charge in [0.15, 0.2) is 29.6 Å². The van der Waals surface area contributed by atoms with E-state index in [9.17, 15) is 13.6 Å². The third-order valence-corrected chi connectivity index (χ3v) is 3.54. The summed E-state index contributed by atoms with van der Waals surface area (Å²) in [5.74, 6) is 0.576. The molecule has 2 rings (SSSR count). The van der Waals surface area contributed by atoms with Crippen LogP contribution in [0.3, 0.4) is 0 Å². The van der Waals surface area contributed by atoms with Crippen LogP contribution in [0.2, 0.25) is 0 Å². The highest BCUT2D eigenvalue weighted by molar-refractivity contribution is 5.92. The molecule has 0 aliphatic heterocycles. The van der Waals surface area contributed by atoms with Gasteiger partial charge in [-0.25, -0.2) is 0 Å². The van der Waals surface area contributed by atoms with Gasteiger partial charge in [-0.15, -0.1) is 0 Å². The van der Waals surface area contributed by atoms with E-state index < -0.39 is 12.5 Å². The topological polar surface area (TPSA) is 87.6 Å². The Hall–Kier alpha value is -3.56. The summed E-state index contributed by atoms with van der Waals surface area (Å²) in [6.07, 6.45) is 1.30. The van der Waals surface area contributed by atoms with Crippen LogP contribution in [0.4, 0.5) is 14.5 Å². The zero-order valence-corrected chi connectivity index (χ0v) is 16.0. The van der Waals surface area contributed by atoms with Crippen molar-refractivity contribution in [1.82, 2.24) is 0 Å². The van der Waals surface area contributed by atoms with Crippen molar-refractivity contribution >= 4 is 17.8 Å². The molecule has 8 nitrogen and oxygen atoms in total. The summed E-state index contributed by atoms with van der Waals surface area (Å²) < 4.78 is 44.3. The third kappa shape index (κ3) is 6.52. The Bertz CT molecular complexity index is 861. The Kier molecular flexibility index (Phi) is 8.01. The molecule has 0 aliphatic carbocycles. The minimum Gasteiger partial charge on any atom is -0.493 e. The molecule has 1 amide bonds. The quantitative estimate of drug-likeness (QED) is 0.478. The Morgan fingerprint density at radius 2 is 1.66 bits per heavy atom. The van der Waals surface area contributed by atoms with Gasteiger partial charge in [0, 0.05) is 17.3 Å². The fourth-order valence-electron chi connectivity index (χ4n) is 2.26. The first-order valence-corrected chi connectivity index (χ1v) is 8.27. The lowest BCUT2D eigenvalue weighted by molar-refractivity contribution is -0.120. The Morgan fingerprint density at radius 3 is 2.31 bits per heavy atom. The van der Waals surface area contributed by atoms with Crippen molar-refractivity contribution in [2.24, 2.45) is 5.16 Å². The number of hydrogen-bond donors (Lipinski definition) is 1. The van der Waals surface area contributed by atoms with Crippen molar-refractivity contribution in [2.45, 2.75) is 6.61 Å². The molecular weight excluding hydrogens is 390 g/mol. The normalized spacial score (nSPS) is 10.7. The number of hydrogen-bond acceptors (Lipinski definition) is 7. The van der Waals surface area contributed by atoms with E-state index in [1.165, 1.54) is 45.7 Å². The van der Waals surface area contributed by atoms with E-state index in [4.69, 9.17) is 19.0 Å². The zero-order valence-electron chi connectivity index (χ0n) is 16.0. The Labute approximate surface area is 166 Å². The minimum atomic E-state index is -2.96. The van der Waals surface area contributed by atoms with Gasteiger partial charge >= 0.3 is 6.61 Å². The van der Waals surface area contributed by atoms with Crippen molar-refractivity contribution in [3.8, 4) is 23.0 Å². The fourth-order valence-corrected chi connectivity index (χ4v) is 2.26. The number of carbonyl (C=O) groups excluding carboxylic acids is 1. The number of oxime groups is 1. The summed E-state index contributed by atoms with van der Waals surface area (Å²) in [6, 6.07) is 9.15. The van der Waals surface area contributed by atoms with E-state index in [0.717, 1.165) is 0 Å². The molecule has 10 heteroatoms. The third-order valence-electron chi connectivity index (χ3n) is 3.54. The minimum absolute atomic E-state index is 0.102. The molecule has 156 valence electrons. The summed E-state index contributed by atoms with van der Waals surface area (Å²) in [7, 11) is 4.32. The summed E-state index contributed by atoms with van der Waals surface area (Å²) >= 11 is 0. The molecule has 0 radical (unpaired) electrons. The number of carbonyl (C=O) groups is 1. The Morgan fingerprint density at radius 1 is 1.00 bits per heavy atom. The monoisotopic (exact) mass is 410 g/mol. The summed E-state index contributed by atoms with van der Waals surface area (Å²) in [5, 5.41) is 6.30. The molecule has 0 heterocycles. The van der Waals surface area contributed by atoms with Crippen LogP contribution in [-0.4, -0.2) is 46.7 Å². The molecule has 0 unspecified atom stereocenters. The lowest BCUT2D eigenvalue weighted by Crippen LogP contribution is -2.17.